The average molecular weight is 277 g/mol. The van der Waals surface area contributed by atoms with Crippen molar-refractivity contribution >= 4 is 11.8 Å². The van der Waals surface area contributed by atoms with Gasteiger partial charge in [0.05, 0.1) is 0 Å². The van der Waals surface area contributed by atoms with Crippen molar-refractivity contribution in [1.82, 2.24) is 9.97 Å². The highest BCUT2D eigenvalue weighted by Crippen LogP contribution is 2.29. The predicted molar refractivity (Wildman–Crippen MR) is 77.8 cm³/mol. The van der Waals surface area contributed by atoms with E-state index in [1.54, 1.807) is 6.33 Å². The highest BCUT2D eigenvalue weighted by Gasteiger charge is 2.33. The van der Waals surface area contributed by atoms with Gasteiger partial charge in [0, 0.05) is 18.3 Å². The van der Waals surface area contributed by atoms with Crippen LogP contribution in [0.25, 0.3) is 0 Å². The predicted octanol–water partition coefficient (Wildman–Crippen LogP) is 2.51. The number of nitrogens with zero attached hydrogens (tertiary/aromatic N) is 3. The summed E-state index contributed by atoms with van der Waals surface area (Å²) < 4.78 is 0. The van der Waals surface area contributed by atoms with Gasteiger partial charge in [-0.3, -0.25) is 0 Å². The number of carboxylic acid groups (broad SMARTS) is 1. The van der Waals surface area contributed by atoms with Crippen LogP contribution in [0.2, 0.25) is 0 Å². The van der Waals surface area contributed by atoms with Crippen molar-refractivity contribution in [3.63, 3.8) is 0 Å². The lowest BCUT2D eigenvalue weighted by molar-refractivity contribution is -0.139. The van der Waals surface area contributed by atoms with E-state index in [9.17, 15) is 9.90 Å². The van der Waals surface area contributed by atoms with Crippen molar-refractivity contribution in [3.05, 3.63) is 18.1 Å². The van der Waals surface area contributed by atoms with Gasteiger partial charge in [-0.2, -0.15) is 0 Å². The van der Waals surface area contributed by atoms with Gasteiger partial charge in [0.15, 0.2) is 0 Å². The van der Waals surface area contributed by atoms with Crippen molar-refractivity contribution in [2.24, 2.45) is 5.92 Å². The Hall–Kier alpha value is -1.65. The van der Waals surface area contributed by atoms with Gasteiger partial charge >= 0.3 is 5.97 Å². The summed E-state index contributed by atoms with van der Waals surface area (Å²) in [7, 11) is 0. The Morgan fingerprint density at radius 2 is 2.25 bits per heavy atom. The van der Waals surface area contributed by atoms with Crippen LogP contribution in [0.15, 0.2) is 12.4 Å². The summed E-state index contributed by atoms with van der Waals surface area (Å²) >= 11 is 0. The molecule has 2 atom stereocenters. The minimum absolute atomic E-state index is 0.460. The molecule has 2 rings (SSSR count). The number of piperidine rings is 1. The first-order chi connectivity index (χ1) is 9.65. The molecule has 0 saturated carbocycles. The second-order valence-electron chi connectivity index (χ2n) is 5.46. The lowest BCUT2D eigenvalue weighted by atomic mass is 9.89. The minimum atomic E-state index is -0.751. The molecule has 0 radical (unpaired) electrons. The Kier molecular flexibility index (Phi) is 4.93. The van der Waals surface area contributed by atoms with Crippen LogP contribution in [0.5, 0.6) is 0 Å². The van der Waals surface area contributed by atoms with Crippen molar-refractivity contribution in [2.75, 3.05) is 11.4 Å². The minimum Gasteiger partial charge on any atom is -0.480 e. The van der Waals surface area contributed by atoms with Crippen LogP contribution in [-0.2, 0) is 11.2 Å². The van der Waals surface area contributed by atoms with Gasteiger partial charge in [-0.25, -0.2) is 14.8 Å². The summed E-state index contributed by atoms with van der Waals surface area (Å²) in [6.45, 7) is 5.00. The summed E-state index contributed by atoms with van der Waals surface area (Å²) in [6.07, 6.45) is 6.26. The smallest absolute Gasteiger partial charge is 0.326 e. The lowest BCUT2D eigenvalue weighted by Crippen LogP contribution is -2.47. The number of hydrogen-bond donors (Lipinski definition) is 1. The normalized spacial score (nSPS) is 22.8. The molecule has 1 aliphatic heterocycles. The zero-order valence-corrected chi connectivity index (χ0v) is 12.2. The van der Waals surface area contributed by atoms with Gasteiger partial charge in [-0.1, -0.05) is 26.7 Å². The summed E-state index contributed by atoms with van der Waals surface area (Å²) in [4.78, 5) is 22.0. The second kappa shape index (κ2) is 6.68. The van der Waals surface area contributed by atoms with Crippen LogP contribution < -0.4 is 4.90 Å². The second-order valence-corrected chi connectivity index (χ2v) is 5.46. The molecule has 0 spiro atoms. The zero-order chi connectivity index (χ0) is 14.5. The van der Waals surface area contributed by atoms with Crippen LogP contribution in [-0.4, -0.2) is 33.6 Å². The molecule has 1 N–H and O–H groups in total. The maximum absolute atomic E-state index is 11.5. The van der Waals surface area contributed by atoms with Gasteiger partial charge in [0.25, 0.3) is 0 Å². The number of aliphatic carboxylic acids is 1. The Morgan fingerprint density at radius 3 is 2.90 bits per heavy atom. The van der Waals surface area contributed by atoms with E-state index in [2.05, 4.69) is 23.8 Å². The van der Waals surface area contributed by atoms with Crippen molar-refractivity contribution < 1.29 is 9.90 Å². The molecule has 1 saturated heterocycles. The molecule has 0 aliphatic carbocycles. The highest BCUT2D eigenvalue weighted by atomic mass is 16.4. The van der Waals surface area contributed by atoms with E-state index in [0.717, 1.165) is 43.7 Å². The van der Waals surface area contributed by atoms with Crippen molar-refractivity contribution in [1.29, 1.82) is 0 Å². The number of anilines is 1. The number of aromatic nitrogens is 2. The maximum Gasteiger partial charge on any atom is 0.326 e. The Morgan fingerprint density at radius 1 is 1.45 bits per heavy atom. The Bertz CT molecular complexity index is 464. The largest absolute Gasteiger partial charge is 0.480 e. The van der Waals surface area contributed by atoms with E-state index in [-0.39, 0.29) is 0 Å². The molecule has 2 unspecified atom stereocenters. The molecule has 1 aromatic heterocycles. The Balaban J connectivity index is 2.21. The standard InChI is InChI=1S/C15H23N3O2/c1-3-5-12-9-14(17-10-16-12)18-7-6-11(4-2)8-13(18)15(19)20/h9-11,13H,3-8H2,1-2H3,(H,19,20). The van der Waals surface area contributed by atoms with Gasteiger partial charge in [0.2, 0.25) is 0 Å². The summed E-state index contributed by atoms with van der Waals surface area (Å²) in [5.74, 6) is 0.508. The van der Waals surface area contributed by atoms with Crippen LogP contribution in [0.4, 0.5) is 5.82 Å². The van der Waals surface area contributed by atoms with Crippen molar-refractivity contribution in [3.8, 4) is 0 Å². The summed E-state index contributed by atoms with van der Waals surface area (Å²) in [6, 6.07) is 1.48. The quantitative estimate of drug-likeness (QED) is 0.895. The fourth-order valence-electron chi connectivity index (χ4n) is 2.85. The van der Waals surface area contributed by atoms with Crippen molar-refractivity contribution in [2.45, 2.75) is 52.0 Å². The van der Waals surface area contributed by atoms with Crippen LogP contribution in [0, 0.1) is 5.92 Å². The summed E-state index contributed by atoms with van der Waals surface area (Å²) in [5.41, 5.74) is 0.985. The summed E-state index contributed by atoms with van der Waals surface area (Å²) in [5, 5.41) is 9.47. The number of carboxylic acids is 1. The monoisotopic (exact) mass is 277 g/mol. The van der Waals surface area contributed by atoms with Gasteiger partial charge in [-0.15, -0.1) is 0 Å². The van der Waals surface area contributed by atoms with Crippen LogP contribution in [0.1, 0.15) is 45.2 Å². The molecule has 20 heavy (non-hydrogen) atoms. The van der Waals surface area contributed by atoms with Gasteiger partial charge in [0.1, 0.15) is 18.2 Å². The lowest BCUT2D eigenvalue weighted by Gasteiger charge is -2.37. The molecule has 110 valence electrons. The molecular weight excluding hydrogens is 254 g/mol. The molecule has 0 aromatic carbocycles. The molecule has 2 heterocycles. The fraction of sp³-hybridized carbons (Fsp3) is 0.667. The number of carbonyl (C=O) groups is 1. The third-order valence-corrected chi connectivity index (χ3v) is 4.08. The van der Waals surface area contributed by atoms with E-state index in [1.807, 2.05) is 11.0 Å². The van der Waals surface area contributed by atoms with Gasteiger partial charge in [-0.05, 0) is 25.2 Å². The first kappa shape index (κ1) is 14.8. The zero-order valence-electron chi connectivity index (χ0n) is 12.2. The molecule has 5 nitrogen and oxygen atoms in total. The Labute approximate surface area is 120 Å². The number of rotatable bonds is 5. The molecular formula is C15H23N3O2. The van der Waals surface area contributed by atoms with Crippen LogP contribution in [0.3, 0.4) is 0 Å². The number of hydrogen-bond acceptors (Lipinski definition) is 4. The van der Waals surface area contributed by atoms with E-state index in [0.29, 0.717) is 12.3 Å². The third-order valence-electron chi connectivity index (χ3n) is 4.08. The average Bonchev–Trinajstić information content (AvgIpc) is 2.47. The molecule has 5 heteroatoms. The maximum atomic E-state index is 11.5. The highest BCUT2D eigenvalue weighted by molar-refractivity contribution is 5.78. The fourth-order valence-corrected chi connectivity index (χ4v) is 2.85. The van der Waals surface area contributed by atoms with E-state index in [1.165, 1.54) is 0 Å². The SMILES string of the molecule is CCCc1cc(N2CCC(CC)CC2C(=O)O)ncn1. The molecule has 0 bridgehead atoms. The van der Waals surface area contributed by atoms with E-state index < -0.39 is 12.0 Å². The molecule has 1 aromatic rings. The molecule has 1 fully saturated rings. The molecule has 1 aliphatic rings. The van der Waals surface area contributed by atoms with Crippen LogP contribution >= 0.6 is 0 Å². The van der Waals surface area contributed by atoms with E-state index in [4.69, 9.17) is 0 Å². The molecule has 0 amide bonds. The third kappa shape index (κ3) is 3.26. The van der Waals surface area contributed by atoms with Gasteiger partial charge < -0.3 is 10.0 Å². The topological polar surface area (TPSA) is 66.3 Å². The van der Waals surface area contributed by atoms with E-state index >= 15 is 0 Å². The first-order valence-corrected chi connectivity index (χ1v) is 7.46. The number of aryl methyl sites for hydroxylation is 1. The first-order valence-electron chi connectivity index (χ1n) is 7.46.